The normalized spacial score (nSPS) is 16.7. The molecule has 128 valence electrons. The molecule has 0 spiro atoms. The zero-order chi connectivity index (χ0) is 17.1. The third-order valence-corrected chi connectivity index (χ3v) is 4.68. The standard InChI is InChI=1S/C19H25N3O2/c1-3-8-20-18(23)11-21-19(24)13-5-7-17-15(10-13)14-9-12(2)4-6-16(14)22-17/h5,7,10,12,22H,3-4,6,8-9,11H2,1-2H3,(H,20,23)(H,21,24). The van der Waals surface area contributed by atoms with Crippen molar-refractivity contribution in [2.75, 3.05) is 13.1 Å². The van der Waals surface area contributed by atoms with Gasteiger partial charge in [0.05, 0.1) is 6.54 Å². The van der Waals surface area contributed by atoms with Gasteiger partial charge >= 0.3 is 0 Å². The number of benzene rings is 1. The molecule has 1 heterocycles. The summed E-state index contributed by atoms with van der Waals surface area (Å²) in [5, 5.41) is 6.58. The van der Waals surface area contributed by atoms with E-state index in [4.69, 9.17) is 0 Å². The van der Waals surface area contributed by atoms with Gasteiger partial charge in [-0.3, -0.25) is 9.59 Å². The Balaban J connectivity index is 1.74. The molecule has 1 aliphatic rings. The van der Waals surface area contributed by atoms with Crippen LogP contribution in [0.25, 0.3) is 10.9 Å². The third-order valence-electron chi connectivity index (χ3n) is 4.68. The molecule has 0 saturated heterocycles. The van der Waals surface area contributed by atoms with Crippen LogP contribution < -0.4 is 10.6 Å². The Morgan fingerprint density at radius 1 is 1.29 bits per heavy atom. The molecular weight excluding hydrogens is 302 g/mol. The van der Waals surface area contributed by atoms with E-state index in [2.05, 4.69) is 22.5 Å². The van der Waals surface area contributed by atoms with Gasteiger partial charge in [-0.15, -0.1) is 0 Å². The fourth-order valence-corrected chi connectivity index (χ4v) is 3.32. The van der Waals surface area contributed by atoms with Gasteiger partial charge in [0, 0.05) is 28.7 Å². The van der Waals surface area contributed by atoms with Gasteiger partial charge in [-0.2, -0.15) is 0 Å². The molecule has 3 N–H and O–H groups in total. The predicted molar refractivity (Wildman–Crippen MR) is 95.1 cm³/mol. The summed E-state index contributed by atoms with van der Waals surface area (Å²) in [5.41, 5.74) is 4.34. The number of hydrogen-bond donors (Lipinski definition) is 3. The molecule has 2 aromatic rings. The van der Waals surface area contributed by atoms with Crippen LogP contribution >= 0.6 is 0 Å². The Hall–Kier alpha value is -2.30. The second kappa shape index (κ2) is 7.07. The lowest BCUT2D eigenvalue weighted by Crippen LogP contribution is -2.37. The molecule has 5 nitrogen and oxygen atoms in total. The summed E-state index contributed by atoms with van der Waals surface area (Å²) < 4.78 is 0. The Bertz CT molecular complexity index is 763. The first-order valence-corrected chi connectivity index (χ1v) is 8.77. The Labute approximate surface area is 142 Å². The van der Waals surface area contributed by atoms with Crippen molar-refractivity contribution in [2.45, 2.75) is 39.5 Å². The van der Waals surface area contributed by atoms with Crippen LogP contribution in [-0.4, -0.2) is 29.9 Å². The maximum atomic E-state index is 12.3. The van der Waals surface area contributed by atoms with Crippen LogP contribution in [0, 0.1) is 5.92 Å². The summed E-state index contributed by atoms with van der Waals surface area (Å²) >= 11 is 0. The van der Waals surface area contributed by atoms with Crippen LogP contribution in [0.3, 0.4) is 0 Å². The Kier molecular flexibility index (Phi) is 4.88. The van der Waals surface area contributed by atoms with E-state index >= 15 is 0 Å². The van der Waals surface area contributed by atoms with E-state index in [0.29, 0.717) is 18.0 Å². The maximum absolute atomic E-state index is 12.3. The summed E-state index contributed by atoms with van der Waals surface area (Å²) in [6, 6.07) is 5.72. The number of H-pyrrole nitrogens is 1. The van der Waals surface area contributed by atoms with Gasteiger partial charge in [0.1, 0.15) is 0 Å². The van der Waals surface area contributed by atoms with E-state index in [-0.39, 0.29) is 18.4 Å². The van der Waals surface area contributed by atoms with Crippen LogP contribution in [0.4, 0.5) is 0 Å². The Morgan fingerprint density at radius 3 is 2.92 bits per heavy atom. The average Bonchev–Trinajstić information content (AvgIpc) is 2.94. The number of aromatic nitrogens is 1. The van der Waals surface area contributed by atoms with Crippen molar-refractivity contribution in [1.82, 2.24) is 15.6 Å². The lowest BCUT2D eigenvalue weighted by Gasteiger charge is -2.18. The molecule has 5 heteroatoms. The first-order valence-electron chi connectivity index (χ1n) is 8.77. The van der Waals surface area contributed by atoms with Crippen molar-refractivity contribution in [3.8, 4) is 0 Å². The minimum Gasteiger partial charge on any atom is -0.358 e. The van der Waals surface area contributed by atoms with E-state index in [0.717, 1.165) is 30.2 Å². The molecule has 0 fully saturated rings. The molecule has 1 aromatic heterocycles. The first kappa shape index (κ1) is 16.6. The second-order valence-corrected chi connectivity index (χ2v) is 6.72. The zero-order valence-corrected chi connectivity index (χ0v) is 14.4. The molecule has 24 heavy (non-hydrogen) atoms. The molecule has 2 amide bonds. The number of carbonyl (C=O) groups is 2. The number of carbonyl (C=O) groups excluding carboxylic acids is 2. The van der Waals surface area contributed by atoms with Crippen LogP contribution in [-0.2, 0) is 17.6 Å². The van der Waals surface area contributed by atoms with Crippen LogP contribution in [0.2, 0.25) is 0 Å². The van der Waals surface area contributed by atoms with Crippen LogP contribution in [0.1, 0.15) is 48.3 Å². The van der Waals surface area contributed by atoms with Gasteiger partial charge in [-0.1, -0.05) is 13.8 Å². The fraction of sp³-hybridized carbons (Fsp3) is 0.474. The highest BCUT2D eigenvalue weighted by Gasteiger charge is 2.20. The van der Waals surface area contributed by atoms with E-state index in [1.54, 1.807) is 0 Å². The summed E-state index contributed by atoms with van der Waals surface area (Å²) in [5.74, 6) is 0.317. The molecule has 1 unspecified atom stereocenters. The number of aromatic amines is 1. The molecular formula is C19H25N3O2. The van der Waals surface area contributed by atoms with Crippen molar-refractivity contribution in [1.29, 1.82) is 0 Å². The minimum atomic E-state index is -0.206. The highest BCUT2D eigenvalue weighted by molar-refractivity contribution is 6.00. The van der Waals surface area contributed by atoms with Crippen molar-refractivity contribution in [3.05, 3.63) is 35.0 Å². The Morgan fingerprint density at radius 2 is 2.12 bits per heavy atom. The minimum absolute atomic E-state index is 0.0130. The molecule has 1 aliphatic carbocycles. The van der Waals surface area contributed by atoms with Crippen LogP contribution in [0.15, 0.2) is 18.2 Å². The number of amides is 2. The van der Waals surface area contributed by atoms with Gasteiger partial charge in [0.2, 0.25) is 5.91 Å². The van der Waals surface area contributed by atoms with Gasteiger partial charge in [0.15, 0.2) is 0 Å². The summed E-state index contributed by atoms with van der Waals surface area (Å²) in [4.78, 5) is 27.4. The van der Waals surface area contributed by atoms with Crippen LogP contribution in [0.5, 0.6) is 0 Å². The summed E-state index contributed by atoms with van der Waals surface area (Å²) in [6.07, 6.45) is 4.22. The maximum Gasteiger partial charge on any atom is 0.251 e. The average molecular weight is 327 g/mol. The molecule has 0 bridgehead atoms. The number of nitrogens with one attached hydrogen (secondary N) is 3. The van der Waals surface area contributed by atoms with E-state index < -0.39 is 0 Å². The highest BCUT2D eigenvalue weighted by Crippen LogP contribution is 2.32. The second-order valence-electron chi connectivity index (χ2n) is 6.72. The molecule has 0 saturated carbocycles. The van der Waals surface area contributed by atoms with Crippen molar-refractivity contribution in [3.63, 3.8) is 0 Å². The summed E-state index contributed by atoms with van der Waals surface area (Å²) in [7, 11) is 0. The lowest BCUT2D eigenvalue weighted by molar-refractivity contribution is -0.120. The molecule has 1 atom stereocenters. The molecule has 0 radical (unpaired) electrons. The number of fused-ring (bicyclic) bond motifs is 3. The highest BCUT2D eigenvalue weighted by atomic mass is 16.2. The zero-order valence-electron chi connectivity index (χ0n) is 14.4. The number of hydrogen-bond acceptors (Lipinski definition) is 2. The smallest absolute Gasteiger partial charge is 0.251 e. The topological polar surface area (TPSA) is 74.0 Å². The van der Waals surface area contributed by atoms with Gasteiger partial charge < -0.3 is 15.6 Å². The van der Waals surface area contributed by atoms with E-state index in [1.165, 1.54) is 17.7 Å². The predicted octanol–water partition coefficient (Wildman–Crippen LogP) is 2.55. The largest absolute Gasteiger partial charge is 0.358 e. The lowest BCUT2D eigenvalue weighted by atomic mass is 9.87. The molecule has 0 aliphatic heterocycles. The van der Waals surface area contributed by atoms with Gasteiger partial charge in [0.25, 0.3) is 5.91 Å². The van der Waals surface area contributed by atoms with Crippen molar-refractivity contribution in [2.24, 2.45) is 5.92 Å². The van der Waals surface area contributed by atoms with E-state index in [1.807, 2.05) is 25.1 Å². The fourth-order valence-electron chi connectivity index (χ4n) is 3.32. The van der Waals surface area contributed by atoms with Gasteiger partial charge in [-0.05, 0) is 55.4 Å². The van der Waals surface area contributed by atoms with Gasteiger partial charge in [-0.25, -0.2) is 0 Å². The quantitative estimate of drug-likeness (QED) is 0.789. The SMILES string of the molecule is CCCNC(=O)CNC(=O)c1ccc2[nH]c3c(c2c1)CC(C)CC3. The third kappa shape index (κ3) is 3.45. The summed E-state index contributed by atoms with van der Waals surface area (Å²) in [6.45, 7) is 4.91. The van der Waals surface area contributed by atoms with E-state index in [9.17, 15) is 9.59 Å². The number of rotatable bonds is 5. The molecule has 3 rings (SSSR count). The van der Waals surface area contributed by atoms with Crippen molar-refractivity contribution < 1.29 is 9.59 Å². The monoisotopic (exact) mass is 327 g/mol. The first-order chi connectivity index (χ1) is 11.6. The molecule has 1 aromatic carbocycles. The number of aryl methyl sites for hydroxylation is 1. The van der Waals surface area contributed by atoms with Crippen molar-refractivity contribution >= 4 is 22.7 Å².